The van der Waals surface area contributed by atoms with Gasteiger partial charge in [-0.15, -0.1) is 0 Å². The Balaban J connectivity index is 4.30. The third kappa shape index (κ3) is 11.7. The van der Waals surface area contributed by atoms with Gasteiger partial charge in [0.25, 0.3) is 0 Å². The summed E-state index contributed by atoms with van der Waals surface area (Å²) in [6.07, 6.45) is -0.298. The molecule has 14 heteroatoms. The molecule has 0 aliphatic carbocycles. The van der Waals surface area contributed by atoms with E-state index in [4.69, 9.17) is 15.9 Å². The molecule has 2 atom stereocenters. The van der Waals surface area contributed by atoms with E-state index >= 15 is 0 Å². The second-order valence-corrected chi connectivity index (χ2v) is 5.81. The minimum atomic E-state index is -1.24. The van der Waals surface area contributed by atoms with E-state index in [0.29, 0.717) is 0 Å². The van der Waals surface area contributed by atoms with Crippen molar-refractivity contribution in [3.8, 4) is 0 Å². The monoisotopic (exact) mass is 421 g/mol. The SMILES string of the molecule is N[C@@H](CCC(=O)N[C@@H](CS)C(=O)NCC(=O)NCC(=O)O)C(=O)NCC(=O)O. The van der Waals surface area contributed by atoms with Crippen LogP contribution in [0, 0.1) is 0 Å². The molecule has 28 heavy (non-hydrogen) atoms. The van der Waals surface area contributed by atoms with Crippen molar-refractivity contribution < 1.29 is 39.0 Å². The minimum Gasteiger partial charge on any atom is -0.480 e. The van der Waals surface area contributed by atoms with Gasteiger partial charge < -0.3 is 37.2 Å². The third-order valence-electron chi connectivity index (χ3n) is 3.13. The number of hydrogen-bond donors (Lipinski definition) is 8. The van der Waals surface area contributed by atoms with Crippen molar-refractivity contribution in [3.05, 3.63) is 0 Å². The molecule has 0 aromatic carbocycles. The van der Waals surface area contributed by atoms with Gasteiger partial charge in [-0.3, -0.25) is 28.8 Å². The largest absolute Gasteiger partial charge is 0.480 e. The molecule has 0 unspecified atom stereocenters. The molecule has 0 aliphatic rings. The highest BCUT2D eigenvalue weighted by Crippen LogP contribution is 1.97. The third-order valence-corrected chi connectivity index (χ3v) is 3.49. The second-order valence-electron chi connectivity index (χ2n) is 5.45. The van der Waals surface area contributed by atoms with Crippen molar-refractivity contribution >= 4 is 48.2 Å². The van der Waals surface area contributed by atoms with Crippen LogP contribution in [0.4, 0.5) is 0 Å². The normalized spacial score (nSPS) is 12.2. The number of hydrogen-bond acceptors (Lipinski definition) is 8. The molecule has 0 aromatic heterocycles. The van der Waals surface area contributed by atoms with Crippen LogP contribution in [0.2, 0.25) is 0 Å². The van der Waals surface area contributed by atoms with Gasteiger partial charge in [-0.25, -0.2) is 0 Å². The van der Waals surface area contributed by atoms with Crippen molar-refractivity contribution in [2.24, 2.45) is 5.73 Å². The van der Waals surface area contributed by atoms with E-state index in [1.54, 1.807) is 0 Å². The first kappa shape index (κ1) is 25.1. The van der Waals surface area contributed by atoms with Crippen LogP contribution in [0.5, 0.6) is 0 Å². The van der Waals surface area contributed by atoms with Crippen molar-refractivity contribution in [3.63, 3.8) is 0 Å². The highest BCUT2D eigenvalue weighted by molar-refractivity contribution is 7.80. The van der Waals surface area contributed by atoms with Crippen LogP contribution in [-0.2, 0) is 28.8 Å². The fraction of sp³-hybridized carbons (Fsp3) is 0.571. The molecule has 0 bridgehead atoms. The zero-order chi connectivity index (χ0) is 21.7. The van der Waals surface area contributed by atoms with Gasteiger partial charge in [-0.2, -0.15) is 12.6 Å². The maximum absolute atomic E-state index is 11.9. The topological polar surface area (TPSA) is 217 Å². The van der Waals surface area contributed by atoms with Gasteiger partial charge in [-0.05, 0) is 6.42 Å². The van der Waals surface area contributed by atoms with Gasteiger partial charge in [0.1, 0.15) is 19.1 Å². The van der Waals surface area contributed by atoms with Gasteiger partial charge in [-0.1, -0.05) is 0 Å². The Hall–Kier alpha value is -2.87. The number of aliphatic carboxylic acids is 2. The number of nitrogens with one attached hydrogen (secondary N) is 4. The predicted octanol–water partition coefficient (Wildman–Crippen LogP) is -3.97. The van der Waals surface area contributed by atoms with Crippen LogP contribution in [-0.4, -0.2) is 83.3 Å². The predicted molar refractivity (Wildman–Crippen MR) is 97.3 cm³/mol. The number of nitrogens with two attached hydrogens (primary N) is 1. The average molecular weight is 421 g/mol. The maximum atomic E-state index is 11.9. The van der Waals surface area contributed by atoms with Crippen molar-refractivity contribution in [1.82, 2.24) is 21.3 Å². The van der Waals surface area contributed by atoms with E-state index in [2.05, 4.69) is 28.6 Å². The van der Waals surface area contributed by atoms with Crippen molar-refractivity contribution in [2.75, 3.05) is 25.4 Å². The number of carboxylic acids is 2. The smallest absolute Gasteiger partial charge is 0.322 e. The molecule has 0 rings (SSSR count). The minimum absolute atomic E-state index is 0.0839. The molecule has 0 saturated carbocycles. The summed E-state index contributed by atoms with van der Waals surface area (Å²) in [6, 6.07) is -2.17. The van der Waals surface area contributed by atoms with E-state index in [9.17, 15) is 28.8 Å². The Morgan fingerprint density at radius 1 is 0.821 bits per heavy atom. The van der Waals surface area contributed by atoms with Crippen LogP contribution in [0.15, 0.2) is 0 Å². The van der Waals surface area contributed by atoms with Gasteiger partial charge in [0.05, 0.1) is 12.6 Å². The Kier molecular flexibility index (Phi) is 12.0. The van der Waals surface area contributed by atoms with Crippen LogP contribution < -0.4 is 27.0 Å². The second kappa shape index (κ2) is 13.3. The zero-order valence-electron chi connectivity index (χ0n) is 14.8. The van der Waals surface area contributed by atoms with Gasteiger partial charge in [0, 0.05) is 12.2 Å². The molecule has 4 amide bonds. The Morgan fingerprint density at radius 3 is 1.89 bits per heavy atom. The zero-order valence-corrected chi connectivity index (χ0v) is 15.7. The van der Waals surface area contributed by atoms with Crippen molar-refractivity contribution in [1.29, 1.82) is 0 Å². The number of amides is 4. The molecule has 158 valence electrons. The summed E-state index contributed by atoms with van der Waals surface area (Å²) in [7, 11) is 0. The highest BCUT2D eigenvalue weighted by atomic mass is 32.1. The van der Waals surface area contributed by atoms with Crippen molar-refractivity contribution in [2.45, 2.75) is 24.9 Å². The Bertz CT molecular complexity index is 615. The van der Waals surface area contributed by atoms with Crippen LogP contribution >= 0.6 is 12.6 Å². The molecular formula is C14H23N5O8S. The highest BCUT2D eigenvalue weighted by Gasteiger charge is 2.21. The summed E-state index contributed by atoms with van der Waals surface area (Å²) in [5.41, 5.74) is 5.54. The fourth-order valence-corrected chi connectivity index (χ4v) is 1.96. The number of thiol groups is 1. The molecule has 0 fully saturated rings. The molecule has 0 aliphatic heterocycles. The van der Waals surface area contributed by atoms with Crippen LogP contribution in [0.25, 0.3) is 0 Å². The quantitative estimate of drug-likeness (QED) is 0.136. The van der Waals surface area contributed by atoms with Gasteiger partial charge in [0.15, 0.2) is 0 Å². The molecule has 0 radical (unpaired) electrons. The van der Waals surface area contributed by atoms with E-state index < -0.39 is 67.3 Å². The van der Waals surface area contributed by atoms with E-state index in [1.165, 1.54) is 0 Å². The molecule has 0 aromatic rings. The molecule has 8 N–H and O–H groups in total. The first-order chi connectivity index (χ1) is 13.1. The van der Waals surface area contributed by atoms with Gasteiger partial charge >= 0.3 is 11.9 Å². The number of rotatable bonds is 13. The van der Waals surface area contributed by atoms with Crippen LogP contribution in [0.3, 0.4) is 0 Å². The summed E-state index contributed by atoms with van der Waals surface area (Å²) in [5, 5.41) is 25.6. The molecule has 0 spiro atoms. The lowest BCUT2D eigenvalue weighted by molar-refractivity contribution is -0.138. The van der Waals surface area contributed by atoms with Gasteiger partial charge in [0.2, 0.25) is 23.6 Å². The summed E-state index contributed by atoms with van der Waals surface area (Å²) in [6.45, 7) is -1.68. The summed E-state index contributed by atoms with van der Waals surface area (Å²) < 4.78 is 0. The lowest BCUT2D eigenvalue weighted by Crippen LogP contribution is -2.50. The summed E-state index contributed by atoms with van der Waals surface area (Å²) >= 11 is 3.93. The number of carbonyl (C=O) groups excluding carboxylic acids is 4. The number of carbonyl (C=O) groups is 6. The lowest BCUT2D eigenvalue weighted by Gasteiger charge is -2.17. The standard InChI is InChI=1S/C14H23N5O8S/c15-7(13(26)18-5-12(24)25)1-2-9(20)19-8(6-28)14(27)17-3-10(21)16-4-11(22)23/h7-8,28H,1-6,15H2,(H,16,21)(H,17,27)(H,18,26)(H,19,20)(H,22,23)(H,24,25)/t7-,8-/m0/s1. The lowest BCUT2D eigenvalue weighted by atomic mass is 10.1. The summed E-state index contributed by atoms with van der Waals surface area (Å²) in [5.74, 6) is -5.33. The average Bonchev–Trinajstić information content (AvgIpc) is 2.64. The van der Waals surface area contributed by atoms with E-state index in [0.717, 1.165) is 0 Å². The van der Waals surface area contributed by atoms with Crippen LogP contribution in [0.1, 0.15) is 12.8 Å². The van der Waals surface area contributed by atoms with E-state index in [-0.39, 0.29) is 18.6 Å². The molecule has 0 heterocycles. The molecule has 0 saturated heterocycles. The Labute approximate surface area is 165 Å². The Morgan fingerprint density at radius 2 is 1.36 bits per heavy atom. The first-order valence-corrected chi connectivity index (χ1v) is 8.61. The summed E-state index contributed by atoms with van der Waals surface area (Å²) in [4.78, 5) is 67.3. The molecule has 13 nitrogen and oxygen atoms in total. The van der Waals surface area contributed by atoms with E-state index in [1.807, 2.05) is 5.32 Å². The molecular weight excluding hydrogens is 398 g/mol. The first-order valence-electron chi connectivity index (χ1n) is 7.98. The fourth-order valence-electron chi connectivity index (χ4n) is 1.70. The number of carboxylic acid groups (broad SMARTS) is 2. The maximum Gasteiger partial charge on any atom is 0.322 e.